The first kappa shape index (κ1) is 15.5. The number of ether oxygens (including phenoxy) is 1. The summed E-state index contributed by atoms with van der Waals surface area (Å²) in [5.74, 6) is 0.990. The van der Waals surface area contributed by atoms with E-state index < -0.39 is 0 Å². The Morgan fingerprint density at radius 1 is 1.19 bits per heavy atom. The van der Waals surface area contributed by atoms with Gasteiger partial charge in [0.25, 0.3) is 0 Å². The number of hydrogen-bond donors (Lipinski definition) is 2. The number of halogens is 1. The molecule has 0 aromatic heterocycles. The SMILES string of the molecule is CCCOc1ccc(NCc2cc(C)ccc2O)cc1Cl. The van der Waals surface area contributed by atoms with Gasteiger partial charge in [-0.3, -0.25) is 0 Å². The van der Waals surface area contributed by atoms with Gasteiger partial charge >= 0.3 is 0 Å². The molecule has 4 heteroatoms. The second-order valence-corrected chi connectivity index (χ2v) is 5.39. The van der Waals surface area contributed by atoms with Gasteiger partial charge in [-0.1, -0.05) is 36.2 Å². The molecule has 2 aromatic rings. The van der Waals surface area contributed by atoms with Gasteiger partial charge in [-0.25, -0.2) is 0 Å². The van der Waals surface area contributed by atoms with Gasteiger partial charge in [0.05, 0.1) is 11.6 Å². The number of benzene rings is 2. The summed E-state index contributed by atoms with van der Waals surface area (Å²) in [6.45, 7) is 5.25. The molecule has 0 heterocycles. The first-order valence-electron chi connectivity index (χ1n) is 7.05. The Kier molecular flexibility index (Phi) is 5.34. The fourth-order valence-electron chi connectivity index (χ4n) is 1.99. The summed E-state index contributed by atoms with van der Waals surface area (Å²) in [7, 11) is 0. The number of aromatic hydroxyl groups is 1. The van der Waals surface area contributed by atoms with E-state index in [0.29, 0.717) is 29.7 Å². The Morgan fingerprint density at radius 3 is 2.71 bits per heavy atom. The molecule has 2 N–H and O–H groups in total. The number of aryl methyl sites for hydroxylation is 1. The molecule has 0 bridgehead atoms. The number of anilines is 1. The first-order valence-corrected chi connectivity index (χ1v) is 7.42. The molecule has 112 valence electrons. The highest BCUT2D eigenvalue weighted by atomic mass is 35.5. The Morgan fingerprint density at radius 2 is 2.00 bits per heavy atom. The van der Waals surface area contributed by atoms with Crippen molar-refractivity contribution in [3.05, 3.63) is 52.5 Å². The quantitative estimate of drug-likeness (QED) is 0.809. The van der Waals surface area contributed by atoms with Crippen molar-refractivity contribution in [2.24, 2.45) is 0 Å². The molecule has 0 radical (unpaired) electrons. The van der Waals surface area contributed by atoms with E-state index in [-0.39, 0.29) is 0 Å². The summed E-state index contributed by atoms with van der Waals surface area (Å²) in [5.41, 5.74) is 2.87. The minimum Gasteiger partial charge on any atom is -0.508 e. The molecule has 0 saturated carbocycles. The normalized spacial score (nSPS) is 10.4. The minimum atomic E-state index is 0.294. The predicted molar refractivity (Wildman–Crippen MR) is 87.4 cm³/mol. The molecule has 0 amide bonds. The van der Waals surface area contributed by atoms with Crippen molar-refractivity contribution >= 4 is 17.3 Å². The number of rotatable bonds is 6. The van der Waals surface area contributed by atoms with E-state index >= 15 is 0 Å². The Hall–Kier alpha value is -1.87. The van der Waals surface area contributed by atoms with Crippen molar-refractivity contribution < 1.29 is 9.84 Å². The molecular formula is C17H20ClNO2. The molecule has 0 aliphatic carbocycles. The van der Waals surface area contributed by atoms with Gasteiger partial charge in [-0.2, -0.15) is 0 Å². The molecule has 2 aromatic carbocycles. The zero-order valence-electron chi connectivity index (χ0n) is 12.3. The van der Waals surface area contributed by atoms with E-state index in [1.54, 1.807) is 6.07 Å². The van der Waals surface area contributed by atoms with Crippen molar-refractivity contribution in [3.8, 4) is 11.5 Å². The number of nitrogens with one attached hydrogen (secondary N) is 1. The van der Waals surface area contributed by atoms with Crippen molar-refractivity contribution in [2.75, 3.05) is 11.9 Å². The molecule has 0 fully saturated rings. The molecule has 2 rings (SSSR count). The molecule has 0 unspecified atom stereocenters. The van der Waals surface area contributed by atoms with Crippen LogP contribution in [0.3, 0.4) is 0 Å². The van der Waals surface area contributed by atoms with Crippen molar-refractivity contribution in [1.82, 2.24) is 0 Å². The van der Waals surface area contributed by atoms with Crippen LogP contribution in [0.2, 0.25) is 5.02 Å². The largest absolute Gasteiger partial charge is 0.508 e. The van der Waals surface area contributed by atoms with Crippen LogP contribution >= 0.6 is 11.6 Å². The zero-order valence-corrected chi connectivity index (χ0v) is 13.1. The third-order valence-electron chi connectivity index (χ3n) is 3.11. The van der Waals surface area contributed by atoms with Gasteiger partial charge in [-0.15, -0.1) is 0 Å². The molecule has 21 heavy (non-hydrogen) atoms. The molecule has 0 aliphatic rings. The van der Waals surface area contributed by atoms with Crippen molar-refractivity contribution in [2.45, 2.75) is 26.8 Å². The molecule has 0 spiro atoms. The average Bonchev–Trinajstić information content (AvgIpc) is 2.47. The van der Waals surface area contributed by atoms with Gasteiger partial charge in [-0.05, 0) is 37.6 Å². The summed E-state index contributed by atoms with van der Waals surface area (Å²) in [4.78, 5) is 0. The van der Waals surface area contributed by atoms with E-state index in [1.807, 2.05) is 37.3 Å². The first-order chi connectivity index (χ1) is 10.1. The zero-order chi connectivity index (χ0) is 15.2. The second kappa shape index (κ2) is 7.23. The maximum Gasteiger partial charge on any atom is 0.138 e. The molecule has 0 saturated heterocycles. The lowest BCUT2D eigenvalue weighted by Gasteiger charge is -2.11. The lowest BCUT2D eigenvalue weighted by atomic mass is 10.1. The van der Waals surface area contributed by atoms with Crippen LogP contribution in [0.5, 0.6) is 11.5 Å². The number of hydrogen-bond acceptors (Lipinski definition) is 3. The molecule has 0 aliphatic heterocycles. The standard InChI is InChI=1S/C17H20ClNO2/c1-3-8-21-17-7-5-14(10-15(17)18)19-11-13-9-12(2)4-6-16(13)20/h4-7,9-10,19-20H,3,8,11H2,1-2H3. The Bertz CT molecular complexity index is 614. The van der Waals surface area contributed by atoms with Gasteiger partial charge in [0.15, 0.2) is 0 Å². The minimum absolute atomic E-state index is 0.294. The predicted octanol–water partition coefficient (Wildman–Crippen LogP) is 4.75. The van der Waals surface area contributed by atoms with E-state index in [9.17, 15) is 5.11 Å². The van der Waals surface area contributed by atoms with E-state index in [4.69, 9.17) is 16.3 Å². The third-order valence-corrected chi connectivity index (χ3v) is 3.41. The highest BCUT2D eigenvalue weighted by Crippen LogP contribution is 2.28. The van der Waals surface area contributed by atoms with Gasteiger partial charge in [0.2, 0.25) is 0 Å². The maximum atomic E-state index is 9.82. The summed E-state index contributed by atoms with van der Waals surface area (Å²) in [6, 6.07) is 11.2. The van der Waals surface area contributed by atoms with Gasteiger partial charge in [0, 0.05) is 17.8 Å². The molecule has 0 atom stereocenters. The smallest absolute Gasteiger partial charge is 0.138 e. The van der Waals surface area contributed by atoms with Crippen LogP contribution in [0.15, 0.2) is 36.4 Å². The van der Waals surface area contributed by atoms with Crippen LogP contribution < -0.4 is 10.1 Å². The topological polar surface area (TPSA) is 41.5 Å². The highest BCUT2D eigenvalue weighted by molar-refractivity contribution is 6.32. The third kappa shape index (κ3) is 4.30. The van der Waals surface area contributed by atoms with Crippen LogP contribution in [0, 0.1) is 6.92 Å². The lowest BCUT2D eigenvalue weighted by molar-refractivity contribution is 0.317. The summed E-state index contributed by atoms with van der Waals surface area (Å²) >= 11 is 6.19. The van der Waals surface area contributed by atoms with Crippen molar-refractivity contribution in [1.29, 1.82) is 0 Å². The number of phenols is 1. The van der Waals surface area contributed by atoms with Crippen LogP contribution in [0.4, 0.5) is 5.69 Å². The maximum absolute atomic E-state index is 9.82. The summed E-state index contributed by atoms with van der Waals surface area (Å²) in [5, 5.41) is 13.7. The van der Waals surface area contributed by atoms with Crippen LogP contribution in [-0.4, -0.2) is 11.7 Å². The Labute approximate surface area is 130 Å². The van der Waals surface area contributed by atoms with Gasteiger partial charge in [0.1, 0.15) is 11.5 Å². The van der Waals surface area contributed by atoms with Crippen LogP contribution in [-0.2, 0) is 6.54 Å². The average molecular weight is 306 g/mol. The van der Waals surface area contributed by atoms with Crippen LogP contribution in [0.1, 0.15) is 24.5 Å². The van der Waals surface area contributed by atoms with E-state index in [2.05, 4.69) is 12.2 Å². The fraction of sp³-hybridized carbons (Fsp3) is 0.294. The van der Waals surface area contributed by atoms with Crippen LogP contribution in [0.25, 0.3) is 0 Å². The fourth-order valence-corrected chi connectivity index (χ4v) is 2.23. The Balaban J connectivity index is 2.03. The molecular weight excluding hydrogens is 286 g/mol. The number of phenolic OH excluding ortho intramolecular Hbond substituents is 1. The molecule has 3 nitrogen and oxygen atoms in total. The second-order valence-electron chi connectivity index (χ2n) is 4.98. The van der Waals surface area contributed by atoms with Gasteiger partial charge < -0.3 is 15.2 Å². The monoisotopic (exact) mass is 305 g/mol. The van der Waals surface area contributed by atoms with Crippen molar-refractivity contribution in [3.63, 3.8) is 0 Å². The van der Waals surface area contributed by atoms with E-state index in [0.717, 1.165) is 23.2 Å². The summed E-state index contributed by atoms with van der Waals surface area (Å²) < 4.78 is 5.54. The lowest BCUT2D eigenvalue weighted by Crippen LogP contribution is -2.01. The highest BCUT2D eigenvalue weighted by Gasteiger charge is 2.05. The summed E-state index contributed by atoms with van der Waals surface area (Å²) in [6.07, 6.45) is 0.947. The van der Waals surface area contributed by atoms with E-state index in [1.165, 1.54) is 0 Å².